The highest BCUT2D eigenvalue weighted by molar-refractivity contribution is 9.10. The second-order valence-electron chi connectivity index (χ2n) is 5.39. The molecule has 1 rings (SSSR count). The summed E-state index contributed by atoms with van der Waals surface area (Å²) in [5.41, 5.74) is -0.0309. The van der Waals surface area contributed by atoms with Gasteiger partial charge in [-0.15, -0.1) is 0 Å². The number of rotatable bonds is 7. The molecule has 0 aliphatic carbocycles. The molecule has 20 heavy (non-hydrogen) atoms. The molecule has 0 bridgehead atoms. The SMILES string of the molecule is CCC(C)C(C)(O)CNCc1cc(Br)cc(OC)c1O. The van der Waals surface area contributed by atoms with Crippen LogP contribution in [0.5, 0.6) is 11.5 Å². The van der Waals surface area contributed by atoms with Crippen LogP contribution in [-0.4, -0.2) is 29.5 Å². The monoisotopic (exact) mass is 345 g/mol. The van der Waals surface area contributed by atoms with E-state index in [2.05, 4.69) is 28.2 Å². The van der Waals surface area contributed by atoms with E-state index in [0.717, 1.165) is 16.5 Å². The lowest BCUT2D eigenvalue weighted by Crippen LogP contribution is -2.42. The Morgan fingerprint density at radius 2 is 2.10 bits per heavy atom. The lowest BCUT2D eigenvalue weighted by molar-refractivity contribution is 0.00530. The van der Waals surface area contributed by atoms with Gasteiger partial charge >= 0.3 is 0 Å². The fourth-order valence-electron chi connectivity index (χ4n) is 1.98. The Morgan fingerprint density at radius 3 is 2.65 bits per heavy atom. The van der Waals surface area contributed by atoms with E-state index < -0.39 is 5.60 Å². The summed E-state index contributed by atoms with van der Waals surface area (Å²) >= 11 is 3.39. The van der Waals surface area contributed by atoms with Crippen molar-refractivity contribution in [3.05, 3.63) is 22.2 Å². The molecule has 3 N–H and O–H groups in total. The number of methoxy groups -OCH3 is 1. The summed E-state index contributed by atoms with van der Waals surface area (Å²) in [4.78, 5) is 0. The highest BCUT2D eigenvalue weighted by Crippen LogP contribution is 2.33. The molecule has 0 aliphatic heterocycles. The predicted molar refractivity (Wildman–Crippen MR) is 84.1 cm³/mol. The zero-order valence-corrected chi connectivity index (χ0v) is 14.1. The Kier molecular flexibility index (Phi) is 6.30. The maximum absolute atomic E-state index is 10.3. The predicted octanol–water partition coefficient (Wildman–Crippen LogP) is 3.05. The van der Waals surface area contributed by atoms with Crippen molar-refractivity contribution >= 4 is 15.9 Å². The first kappa shape index (κ1) is 17.3. The number of phenolic OH excluding ortho intramolecular Hbond substituents is 1. The van der Waals surface area contributed by atoms with Crippen LogP contribution in [0.3, 0.4) is 0 Å². The second kappa shape index (κ2) is 7.29. The average Bonchev–Trinajstić information content (AvgIpc) is 2.40. The Hall–Kier alpha value is -0.780. The van der Waals surface area contributed by atoms with Crippen LogP contribution in [0.1, 0.15) is 32.8 Å². The van der Waals surface area contributed by atoms with Crippen LogP contribution in [0.2, 0.25) is 0 Å². The van der Waals surface area contributed by atoms with Crippen LogP contribution < -0.4 is 10.1 Å². The van der Waals surface area contributed by atoms with Gasteiger partial charge in [-0.05, 0) is 25.0 Å². The fraction of sp³-hybridized carbons (Fsp3) is 0.600. The van der Waals surface area contributed by atoms with E-state index in [-0.39, 0.29) is 11.7 Å². The summed E-state index contributed by atoms with van der Waals surface area (Å²) in [7, 11) is 1.52. The van der Waals surface area contributed by atoms with Gasteiger partial charge in [0.25, 0.3) is 0 Å². The van der Waals surface area contributed by atoms with Gasteiger partial charge in [-0.3, -0.25) is 0 Å². The van der Waals surface area contributed by atoms with E-state index in [9.17, 15) is 10.2 Å². The maximum atomic E-state index is 10.3. The number of ether oxygens (including phenoxy) is 1. The highest BCUT2D eigenvalue weighted by atomic mass is 79.9. The third-order valence-electron chi connectivity index (χ3n) is 3.81. The van der Waals surface area contributed by atoms with Gasteiger partial charge in [0, 0.05) is 23.1 Å². The van der Waals surface area contributed by atoms with Gasteiger partial charge in [0.15, 0.2) is 11.5 Å². The van der Waals surface area contributed by atoms with E-state index in [4.69, 9.17) is 4.74 Å². The first-order chi connectivity index (χ1) is 9.31. The van der Waals surface area contributed by atoms with Crippen molar-refractivity contribution in [1.82, 2.24) is 5.32 Å². The summed E-state index contributed by atoms with van der Waals surface area (Å²) in [5.74, 6) is 0.775. The van der Waals surface area contributed by atoms with Crippen molar-refractivity contribution in [2.24, 2.45) is 5.92 Å². The van der Waals surface area contributed by atoms with Crippen molar-refractivity contribution in [2.45, 2.75) is 39.3 Å². The molecule has 0 saturated carbocycles. The molecule has 0 spiro atoms. The quantitative estimate of drug-likeness (QED) is 0.710. The Bertz CT molecular complexity index is 449. The zero-order chi connectivity index (χ0) is 15.3. The summed E-state index contributed by atoms with van der Waals surface area (Å²) in [6.45, 7) is 6.85. The number of halogens is 1. The van der Waals surface area contributed by atoms with E-state index in [0.29, 0.717) is 18.8 Å². The van der Waals surface area contributed by atoms with Crippen LogP contribution in [-0.2, 0) is 6.54 Å². The highest BCUT2D eigenvalue weighted by Gasteiger charge is 2.26. The minimum absolute atomic E-state index is 0.131. The van der Waals surface area contributed by atoms with Crippen LogP contribution in [0, 0.1) is 5.92 Å². The number of hydrogen-bond donors (Lipinski definition) is 3. The molecule has 1 aromatic rings. The molecule has 5 heteroatoms. The van der Waals surface area contributed by atoms with Crippen molar-refractivity contribution in [2.75, 3.05) is 13.7 Å². The average molecular weight is 346 g/mol. The number of nitrogens with one attached hydrogen (secondary N) is 1. The molecule has 2 unspecified atom stereocenters. The topological polar surface area (TPSA) is 61.7 Å². The molecule has 2 atom stereocenters. The fourth-order valence-corrected chi connectivity index (χ4v) is 2.47. The van der Waals surface area contributed by atoms with E-state index >= 15 is 0 Å². The molecule has 0 aromatic heterocycles. The van der Waals surface area contributed by atoms with Gasteiger partial charge < -0.3 is 20.3 Å². The Morgan fingerprint density at radius 1 is 1.45 bits per heavy atom. The molecule has 4 nitrogen and oxygen atoms in total. The number of phenols is 1. The van der Waals surface area contributed by atoms with Gasteiger partial charge in [0.2, 0.25) is 0 Å². The number of hydrogen-bond acceptors (Lipinski definition) is 4. The van der Waals surface area contributed by atoms with Crippen molar-refractivity contribution in [3.63, 3.8) is 0 Å². The molecular weight excluding hydrogens is 322 g/mol. The number of aromatic hydroxyl groups is 1. The summed E-state index contributed by atoms with van der Waals surface area (Å²) in [5, 5.41) is 23.6. The van der Waals surface area contributed by atoms with Crippen LogP contribution in [0.4, 0.5) is 0 Å². The van der Waals surface area contributed by atoms with Gasteiger partial charge in [-0.2, -0.15) is 0 Å². The molecular formula is C15H24BrNO3. The normalized spacial score (nSPS) is 15.7. The van der Waals surface area contributed by atoms with Crippen molar-refractivity contribution < 1.29 is 14.9 Å². The van der Waals surface area contributed by atoms with Gasteiger partial charge in [-0.1, -0.05) is 36.2 Å². The summed E-state index contributed by atoms with van der Waals surface area (Å²) in [6.07, 6.45) is 0.921. The van der Waals surface area contributed by atoms with E-state index in [1.165, 1.54) is 7.11 Å². The first-order valence-electron chi connectivity index (χ1n) is 6.80. The minimum Gasteiger partial charge on any atom is -0.504 e. The molecule has 0 saturated heterocycles. The summed E-state index contributed by atoms with van der Waals surface area (Å²) < 4.78 is 5.96. The lowest BCUT2D eigenvalue weighted by Gasteiger charge is -2.30. The molecule has 1 aromatic carbocycles. The van der Waals surface area contributed by atoms with E-state index in [1.807, 2.05) is 19.9 Å². The Labute approximate surface area is 129 Å². The number of aliphatic hydroxyl groups is 1. The summed E-state index contributed by atoms with van der Waals surface area (Å²) in [6, 6.07) is 3.55. The van der Waals surface area contributed by atoms with Gasteiger partial charge in [-0.25, -0.2) is 0 Å². The van der Waals surface area contributed by atoms with E-state index in [1.54, 1.807) is 6.07 Å². The molecule has 0 amide bonds. The zero-order valence-electron chi connectivity index (χ0n) is 12.5. The third kappa shape index (κ3) is 4.36. The molecule has 0 heterocycles. The first-order valence-corrected chi connectivity index (χ1v) is 7.59. The molecule has 0 aliphatic rings. The minimum atomic E-state index is -0.763. The van der Waals surface area contributed by atoms with Crippen molar-refractivity contribution in [3.8, 4) is 11.5 Å². The largest absolute Gasteiger partial charge is 0.504 e. The third-order valence-corrected chi connectivity index (χ3v) is 4.27. The Balaban J connectivity index is 2.69. The maximum Gasteiger partial charge on any atom is 0.162 e. The van der Waals surface area contributed by atoms with Gasteiger partial charge in [0.05, 0.1) is 12.7 Å². The van der Waals surface area contributed by atoms with Gasteiger partial charge in [0.1, 0.15) is 0 Å². The van der Waals surface area contributed by atoms with Crippen LogP contribution >= 0.6 is 15.9 Å². The lowest BCUT2D eigenvalue weighted by atomic mass is 9.88. The molecule has 0 radical (unpaired) electrons. The second-order valence-corrected chi connectivity index (χ2v) is 6.30. The smallest absolute Gasteiger partial charge is 0.162 e. The van der Waals surface area contributed by atoms with Crippen LogP contribution in [0.15, 0.2) is 16.6 Å². The standard InChI is InChI=1S/C15H24BrNO3/c1-5-10(2)15(3,19)9-17-8-11-6-12(16)7-13(20-4)14(11)18/h6-7,10,17-19H,5,8-9H2,1-4H3. The van der Waals surface area contributed by atoms with Crippen molar-refractivity contribution in [1.29, 1.82) is 0 Å². The van der Waals surface area contributed by atoms with Crippen LogP contribution in [0.25, 0.3) is 0 Å². The molecule has 0 fully saturated rings. The number of benzene rings is 1. The molecule has 114 valence electrons.